The summed E-state index contributed by atoms with van der Waals surface area (Å²) in [5, 5.41) is 0. The number of benzene rings is 1. The van der Waals surface area contributed by atoms with E-state index in [0.29, 0.717) is 0 Å². The maximum Gasteiger partial charge on any atom is 0.342 e. The summed E-state index contributed by atoms with van der Waals surface area (Å²) >= 11 is 0. The minimum Gasteiger partial charge on any atom is -0.323 e. The Morgan fingerprint density at radius 2 is 1.79 bits per heavy atom. The van der Waals surface area contributed by atoms with Gasteiger partial charge in [-0.25, -0.2) is 0 Å². The van der Waals surface area contributed by atoms with Gasteiger partial charge in [-0.3, -0.25) is 4.57 Å². The van der Waals surface area contributed by atoms with Crippen LogP contribution < -0.4 is 5.73 Å². The van der Waals surface area contributed by atoms with E-state index in [2.05, 4.69) is 0 Å². The summed E-state index contributed by atoms with van der Waals surface area (Å²) in [5.74, 6) is -1.10. The van der Waals surface area contributed by atoms with Gasteiger partial charge in [-0.2, -0.15) is 0 Å². The van der Waals surface area contributed by atoms with E-state index in [-0.39, 0.29) is 23.4 Å². The minimum absolute atomic E-state index is 0. The first-order valence-electron chi connectivity index (χ1n) is 3.85. The molecule has 0 heterocycles. The van der Waals surface area contributed by atoms with Gasteiger partial charge in [-0.05, 0) is 12.0 Å². The standard InChI is InChI=1S/C8H12NO3P.BrH/c9-8(13(10,11)12)6-7-4-2-1-3-5-7;/h1-5,8H,6,9H2,(H2,10,11,12);1H. The van der Waals surface area contributed by atoms with E-state index in [1.165, 1.54) is 0 Å². The summed E-state index contributed by atoms with van der Waals surface area (Å²) in [4.78, 5) is 17.5. The smallest absolute Gasteiger partial charge is 0.323 e. The van der Waals surface area contributed by atoms with Crippen LogP contribution in [-0.4, -0.2) is 15.6 Å². The van der Waals surface area contributed by atoms with Crippen LogP contribution in [0.25, 0.3) is 0 Å². The zero-order valence-electron chi connectivity index (χ0n) is 7.41. The molecule has 1 atom stereocenters. The SMILES string of the molecule is Br.NC(Cc1ccccc1)P(=O)(O)O. The van der Waals surface area contributed by atoms with Crippen LogP contribution in [0.3, 0.4) is 0 Å². The molecule has 4 N–H and O–H groups in total. The highest BCUT2D eigenvalue weighted by Gasteiger charge is 2.24. The quantitative estimate of drug-likeness (QED) is 0.729. The van der Waals surface area contributed by atoms with Gasteiger partial charge in [-0.15, -0.1) is 17.0 Å². The molecule has 0 saturated carbocycles. The lowest BCUT2D eigenvalue weighted by molar-refractivity contribution is 0.358. The van der Waals surface area contributed by atoms with Gasteiger partial charge in [0.15, 0.2) is 0 Å². The molecule has 0 amide bonds. The average molecular weight is 282 g/mol. The van der Waals surface area contributed by atoms with Crippen LogP contribution in [0.4, 0.5) is 0 Å². The van der Waals surface area contributed by atoms with Gasteiger partial charge in [0.05, 0.1) is 0 Å². The van der Waals surface area contributed by atoms with Crippen LogP contribution in [0.5, 0.6) is 0 Å². The fraction of sp³-hybridized carbons (Fsp3) is 0.250. The summed E-state index contributed by atoms with van der Waals surface area (Å²) in [7, 11) is -4.14. The van der Waals surface area contributed by atoms with Crippen LogP contribution in [0.15, 0.2) is 30.3 Å². The zero-order chi connectivity index (χ0) is 9.90. The maximum absolute atomic E-state index is 10.7. The number of nitrogens with two attached hydrogens (primary N) is 1. The third-order valence-corrected chi connectivity index (χ3v) is 2.77. The molecule has 0 aliphatic rings. The summed E-state index contributed by atoms with van der Waals surface area (Å²) < 4.78 is 10.7. The first kappa shape index (κ1) is 13.8. The largest absolute Gasteiger partial charge is 0.342 e. The molecule has 1 aromatic carbocycles. The Morgan fingerprint density at radius 1 is 1.29 bits per heavy atom. The molecule has 4 nitrogen and oxygen atoms in total. The van der Waals surface area contributed by atoms with Crippen molar-refractivity contribution in [1.82, 2.24) is 0 Å². The van der Waals surface area contributed by atoms with Gasteiger partial charge in [0.1, 0.15) is 5.78 Å². The molecular formula is C8H13BrNO3P. The fourth-order valence-corrected chi connectivity index (χ4v) is 1.42. The van der Waals surface area contributed by atoms with E-state index >= 15 is 0 Å². The van der Waals surface area contributed by atoms with Crippen molar-refractivity contribution in [2.75, 3.05) is 0 Å². The topological polar surface area (TPSA) is 83.6 Å². The summed E-state index contributed by atoms with van der Waals surface area (Å²) in [6.07, 6.45) is 0.200. The molecule has 0 aliphatic carbocycles. The predicted octanol–water partition coefficient (Wildman–Crippen LogP) is 1.27. The van der Waals surface area contributed by atoms with Crippen molar-refractivity contribution in [1.29, 1.82) is 0 Å². The molecular weight excluding hydrogens is 269 g/mol. The van der Waals surface area contributed by atoms with Gasteiger partial charge >= 0.3 is 7.60 Å². The van der Waals surface area contributed by atoms with E-state index in [9.17, 15) is 4.57 Å². The van der Waals surface area contributed by atoms with Crippen molar-refractivity contribution in [3.05, 3.63) is 35.9 Å². The predicted molar refractivity (Wildman–Crippen MR) is 60.5 cm³/mol. The molecule has 0 bridgehead atoms. The highest BCUT2D eigenvalue weighted by Crippen LogP contribution is 2.39. The Balaban J connectivity index is 0.00000169. The number of halogens is 1. The fourth-order valence-electron chi connectivity index (χ4n) is 0.975. The van der Waals surface area contributed by atoms with Gasteiger partial charge in [0.25, 0.3) is 0 Å². The van der Waals surface area contributed by atoms with Crippen molar-refractivity contribution in [2.24, 2.45) is 5.73 Å². The van der Waals surface area contributed by atoms with Crippen molar-refractivity contribution in [3.63, 3.8) is 0 Å². The van der Waals surface area contributed by atoms with Gasteiger partial charge < -0.3 is 15.5 Å². The third-order valence-electron chi connectivity index (χ3n) is 1.72. The van der Waals surface area contributed by atoms with Crippen molar-refractivity contribution < 1.29 is 14.4 Å². The molecule has 1 aromatic rings. The molecule has 0 spiro atoms. The molecule has 0 saturated heterocycles. The Bertz CT molecular complexity index is 314. The lowest BCUT2D eigenvalue weighted by Gasteiger charge is -2.12. The Kier molecular flexibility index (Phi) is 5.56. The second-order valence-electron chi connectivity index (χ2n) is 2.85. The van der Waals surface area contributed by atoms with Crippen LogP contribution in [0.2, 0.25) is 0 Å². The third kappa shape index (κ3) is 4.35. The monoisotopic (exact) mass is 281 g/mol. The molecule has 1 rings (SSSR count). The van der Waals surface area contributed by atoms with Crippen molar-refractivity contribution >= 4 is 24.6 Å². The van der Waals surface area contributed by atoms with E-state index in [1.54, 1.807) is 12.1 Å². The van der Waals surface area contributed by atoms with E-state index in [1.807, 2.05) is 18.2 Å². The average Bonchev–Trinajstić information content (AvgIpc) is 2.04. The summed E-state index contributed by atoms with van der Waals surface area (Å²) in [6.45, 7) is 0. The Labute approximate surface area is 93.1 Å². The lowest BCUT2D eigenvalue weighted by atomic mass is 10.2. The van der Waals surface area contributed by atoms with Crippen molar-refractivity contribution in [3.8, 4) is 0 Å². The van der Waals surface area contributed by atoms with Crippen molar-refractivity contribution in [2.45, 2.75) is 12.2 Å². The van der Waals surface area contributed by atoms with E-state index < -0.39 is 13.4 Å². The zero-order valence-corrected chi connectivity index (χ0v) is 10.0. The second-order valence-corrected chi connectivity index (χ2v) is 4.69. The summed E-state index contributed by atoms with van der Waals surface area (Å²) in [6, 6.07) is 9.03. The second kappa shape index (κ2) is 5.63. The molecule has 0 aromatic heterocycles. The molecule has 0 aliphatic heterocycles. The molecule has 0 radical (unpaired) electrons. The molecule has 80 valence electrons. The number of hydrogen-bond acceptors (Lipinski definition) is 2. The highest BCUT2D eigenvalue weighted by molar-refractivity contribution is 8.93. The number of hydrogen-bond donors (Lipinski definition) is 3. The lowest BCUT2D eigenvalue weighted by Crippen LogP contribution is -2.22. The molecule has 14 heavy (non-hydrogen) atoms. The number of rotatable bonds is 3. The first-order chi connectivity index (χ1) is 6.00. The Hall–Kier alpha value is -0.190. The van der Waals surface area contributed by atoms with Gasteiger partial charge in [0, 0.05) is 0 Å². The van der Waals surface area contributed by atoms with Crippen LogP contribution in [0.1, 0.15) is 5.56 Å². The molecule has 0 fully saturated rings. The normalized spacial score (nSPS) is 13.1. The molecule has 6 heteroatoms. The van der Waals surface area contributed by atoms with Crippen LogP contribution >= 0.6 is 24.6 Å². The Morgan fingerprint density at radius 3 is 2.21 bits per heavy atom. The highest BCUT2D eigenvalue weighted by atomic mass is 79.9. The van der Waals surface area contributed by atoms with Gasteiger partial charge in [0.2, 0.25) is 0 Å². The maximum atomic E-state index is 10.7. The van der Waals surface area contributed by atoms with E-state index in [0.717, 1.165) is 5.56 Å². The minimum atomic E-state index is -4.14. The summed E-state index contributed by atoms with van der Waals surface area (Å²) in [5.41, 5.74) is 6.15. The van der Waals surface area contributed by atoms with E-state index in [4.69, 9.17) is 15.5 Å². The van der Waals surface area contributed by atoms with Crippen LogP contribution in [-0.2, 0) is 11.0 Å². The first-order valence-corrected chi connectivity index (χ1v) is 5.53. The van der Waals surface area contributed by atoms with Gasteiger partial charge in [-0.1, -0.05) is 30.3 Å². The molecule has 1 unspecified atom stereocenters. The van der Waals surface area contributed by atoms with Crippen LogP contribution in [0, 0.1) is 0 Å².